The fourth-order valence-corrected chi connectivity index (χ4v) is 4.41. The van der Waals surface area contributed by atoms with Gasteiger partial charge >= 0.3 is 0 Å². The van der Waals surface area contributed by atoms with Crippen molar-refractivity contribution in [3.8, 4) is 17.1 Å². The fourth-order valence-electron chi connectivity index (χ4n) is 2.69. The Hall–Kier alpha value is -2.65. The number of fused-ring (bicyclic) bond motifs is 1. The van der Waals surface area contributed by atoms with Gasteiger partial charge in [0.1, 0.15) is 16.4 Å². The van der Waals surface area contributed by atoms with Crippen LogP contribution >= 0.6 is 23.1 Å². The molecule has 0 fully saturated rings. The molecule has 1 aromatic carbocycles. The predicted octanol–water partition coefficient (Wildman–Crippen LogP) is 3.69. The number of H-pyrrole nitrogens is 2. The van der Waals surface area contributed by atoms with Gasteiger partial charge in [-0.25, -0.2) is 9.97 Å². The average molecular weight is 400 g/mol. The van der Waals surface area contributed by atoms with Crippen LogP contribution in [0.2, 0.25) is 0 Å². The summed E-state index contributed by atoms with van der Waals surface area (Å²) in [6.45, 7) is 3.96. The lowest BCUT2D eigenvalue weighted by Crippen LogP contribution is -2.10. The number of aromatic amines is 2. The normalized spacial score (nSPS) is 11.2. The third-order valence-electron chi connectivity index (χ3n) is 4.25. The first kappa shape index (κ1) is 17.7. The molecule has 0 radical (unpaired) electrons. The van der Waals surface area contributed by atoms with Crippen molar-refractivity contribution in [2.75, 3.05) is 7.11 Å². The molecule has 4 aromatic rings. The maximum absolute atomic E-state index is 12.3. The third-order valence-corrected chi connectivity index (χ3v) is 6.21. The summed E-state index contributed by atoms with van der Waals surface area (Å²) in [5.74, 6) is 2.58. The SMILES string of the molecule is COc1ccc(-c2nc(SCc3nc4sc(C)c(C)c4c(=O)[nH]3)n[nH]2)cc1. The number of methoxy groups -OCH3 is 1. The number of nitrogens with one attached hydrogen (secondary N) is 2. The molecule has 0 aliphatic rings. The standard InChI is InChI=1S/C18H17N5O2S2/c1-9-10(2)27-17-14(9)16(24)19-13(20-17)8-26-18-21-15(22-23-18)11-4-6-12(25-3)7-5-11/h4-7H,8H2,1-3H3,(H,19,20,24)(H,21,22,23). The Balaban J connectivity index is 1.51. The van der Waals surface area contributed by atoms with Gasteiger partial charge in [0.15, 0.2) is 5.82 Å². The average Bonchev–Trinajstić information content (AvgIpc) is 3.25. The summed E-state index contributed by atoms with van der Waals surface area (Å²) >= 11 is 2.96. The largest absolute Gasteiger partial charge is 0.497 e. The quantitative estimate of drug-likeness (QED) is 0.497. The summed E-state index contributed by atoms with van der Waals surface area (Å²) in [5, 5.41) is 8.45. The summed E-state index contributed by atoms with van der Waals surface area (Å²) in [7, 11) is 1.63. The number of benzene rings is 1. The van der Waals surface area contributed by atoms with Gasteiger partial charge in [-0.1, -0.05) is 11.8 Å². The predicted molar refractivity (Wildman–Crippen MR) is 108 cm³/mol. The number of hydrogen-bond acceptors (Lipinski definition) is 7. The molecule has 3 aromatic heterocycles. The van der Waals surface area contributed by atoms with Crippen molar-refractivity contribution in [1.82, 2.24) is 25.1 Å². The number of aryl methyl sites for hydroxylation is 2. The summed E-state index contributed by atoms with van der Waals surface area (Å²) < 4.78 is 5.16. The molecule has 27 heavy (non-hydrogen) atoms. The van der Waals surface area contributed by atoms with Gasteiger partial charge in [-0.15, -0.1) is 16.4 Å². The van der Waals surface area contributed by atoms with Crippen LogP contribution in [0.15, 0.2) is 34.2 Å². The molecule has 0 amide bonds. The second-order valence-corrected chi connectivity index (χ2v) is 8.11. The lowest BCUT2D eigenvalue weighted by atomic mass is 10.2. The second-order valence-electron chi connectivity index (χ2n) is 5.96. The van der Waals surface area contributed by atoms with E-state index in [0.717, 1.165) is 26.6 Å². The van der Waals surface area contributed by atoms with E-state index < -0.39 is 0 Å². The molecule has 138 valence electrons. The van der Waals surface area contributed by atoms with Crippen molar-refractivity contribution in [3.63, 3.8) is 0 Å². The molecule has 9 heteroatoms. The van der Waals surface area contributed by atoms with E-state index in [2.05, 4.69) is 25.1 Å². The third kappa shape index (κ3) is 3.47. The molecule has 3 heterocycles. The molecule has 0 saturated heterocycles. The Labute approximate surface area is 163 Å². The first-order valence-corrected chi connectivity index (χ1v) is 10.0. The van der Waals surface area contributed by atoms with Gasteiger partial charge in [0.2, 0.25) is 5.16 Å². The van der Waals surface area contributed by atoms with Crippen LogP contribution in [0.1, 0.15) is 16.3 Å². The highest BCUT2D eigenvalue weighted by Gasteiger charge is 2.13. The van der Waals surface area contributed by atoms with E-state index in [9.17, 15) is 4.79 Å². The zero-order valence-electron chi connectivity index (χ0n) is 15.0. The molecule has 0 spiro atoms. The van der Waals surface area contributed by atoms with Crippen LogP contribution in [-0.4, -0.2) is 32.3 Å². The molecule has 0 unspecified atom stereocenters. The first-order valence-electron chi connectivity index (χ1n) is 8.23. The number of nitrogens with zero attached hydrogens (tertiary/aromatic N) is 3. The van der Waals surface area contributed by atoms with E-state index in [-0.39, 0.29) is 5.56 Å². The number of hydrogen-bond donors (Lipinski definition) is 2. The van der Waals surface area contributed by atoms with Gasteiger partial charge in [0.25, 0.3) is 5.56 Å². The van der Waals surface area contributed by atoms with Crippen LogP contribution in [0.3, 0.4) is 0 Å². The van der Waals surface area contributed by atoms with E-state index in [0.29, 0.717) is 27.9 Å². The summed E-state index contributed by atoms with van der Waals surface area (Å²) in [5.41, 5.74) is 1.83. The van der Waals surface area contributed by atoms with Crippen molar-refractivity contribution >= 4 is 33.3 Å². The summed E-state index contributed by atoms with van der Waals surface area (Å²) in [6, 6.07) is 7.59. The fraction of sp³-hybridized carbons (Fsp3) is 0.222. The van der Waals surface area contributed by atoms with Gasteiger partial charge in [-0.2, -0.15) is 0 Å². The van der Waals surface area contributed by atoms with Crippen molar-refractivity contribution in [2.45, 2.75) is 24.8 Å². The Kier molecular flexibility index (Phi) is 4.71. The van der Waals surface area contributed by atoms with Gasteiger partial charge in [-0.3, -0.25) is 9.89 Å². The van der Waals surface area contributed by atoms with Crippen LogP contribution in [0.5, 0.6) is 5.75 Å². The van der Waals surface area contributed by atoms with E-state index in [1.807, 2.05) is 38.1 Å². The van der Waals surface area contributed by atoms with Gasteiger partial charge in [0.05, 0.1) is 18.2 Å². The minimum Gasteiger partial charge on any atom is -0.497 e. The van der Waals surface area contributed by atoms with Crippen molar-refractivity contribution in [1.29, 1.82) is 0 Å². The first-order chi connectivity index (χ1) is 13.0. The zero-order valence-corrected chi connectivity index (χ0v) is 16.6. The number of rotatable bonds is 5. The number of thioether (sulfide) groups is 1. The van der Waals surface area contributed by atoms with Crippen molar-refractivity contribution in [3.05, 3.63) is 50.9 Å². The Morgan fingerprint density at radius 3 is 2.70 bits per heavy atom. The topological polar surface area (TPSA) is 96.6 Å². The van der Waals surface area contributed by atoms with Crippen LogP contribution in [-0.2, 0) is 5.75 Å². The summed E-state index contributed by atoms with van der Waals surface area (Å²) in [6.07, 6.45) is 0. The molecule has 0 aliphatic carbocycles. The Morgan fingerprint density at radius 2 is 1.96 bits per heavy atom. The molecule has 0 saturated carbocycles. The molecule has 0 atom stereocenters. The highest BCUT2D eigenvalue weighted by Crippen LogP contribution is 2.27. The Bertz CT molecular complexity index is 1160. The molecule has 7 nitrogen and oxygen atoms in total. The van der Waals surface area contributed by atoms with E-state index in [1.165, 1.54) is 11.8 Å². The minimum absolute atomic E-state index is 0.0913. The maximum atomic E-state index is 12.3. The lowest BCUT2D eigenvalue weighted by Gasteiger charge is -2.00. The molecule has 0 aliphatic heterocycles. The number of ether oxygens (including phenoxy) is 1. The monoisotopic (exact) mass is 399 g/mol. The number of aromatic nitrogens is 5. The molecular formula is C18H17N5O2S2. The Morgan fingerprint density at radius 1 is 1.19 bits per heavy atom. The zero-order chi connectivity index (χ0) is 19.0. The van der Waals surface area contributed by atoms with E-state index >= 15 is 0 Å². The van der Waals surface area contributed by atoms with Gasteiger partial charge in [-0.05, 0) is 43.7 Å². The maximum Gasteiger partial charge on any atom is 0.259 e. The summed E-state index contributed by atoms with van der Waals surface area (Å²) in [4.78, 5) is 26.2. The van der Waals surface area contributed by atoms with Crippen LogP contribution in [0, 0.1) is 13.8 Å². The van der Waals surface area contributed by atoms with Crippen LogP contribution in [0.25, 0.3) is 21.6 Å². The van der Waals surface area contributed by atoms with Gasteiger partial charge < -0.3 is 9.72 Å². The van der Waals surface area contributed by atoms with Crippen LogP contribution in [0.4, 0.5) is 0 Å². The molecule has 0 bridgehead atoms. The van der Waals surface area contributed by atoms with E-state index in [1.54, 1.807) is 18.4 Å². The molecule has 4 rings (SSSR count). The van der Waals surface area contributed by atoms with Crippen molar-refractivity contribution < 1.29 is 4.74 Å². The highest BCUT2D eigenvalue weighted by molar-refractivity contribution is 7.98. The smallest absolute Gasteiger partial charge is 0.259 e. The molecular weight excluding hydrogens is 382 g/mol. The van der Waals surface area contributed by atoms with Crippen LogP contribution < -0.4 is 10.3 Å². The second kappa shape index (κ2) is 7.16. The number of thiophene rings is 1. The lowest BCUT2D eigenvalue weighted by molar-refractivity contribution is 0.415. The minimum atomic E-state index is -0.0913. The highest BCUT2D eigenvalue weighted by atomic mass is 32.2. The van der Waals surface area contributed by atoms with Gasteiger partial charge in [0, 0.05) is 10.4 Å². The van der Waals surface area contributed by atoms with Crippen molar-refractivity contribution in [2.24, 2.45) is 0 Å². The van der Waals surface area contributed by atoms with E-state index in [4.69, 9.17) is 4.74 Å². The molecule has 2 N–H and O–H groups in total.